The average Bonchev–Trinajstić information content (AvgIpc) is 3.44. The Hall–Kier alpha value is -4.91. The molecule has 0 bridgehead atoms. The number of para-hydroxylation sites is 2. The zero-order valence-electron chi connectivity index (χ0n) is 22.4. The monoisotopic (exact) mass is 531 g/mol. The van der Waals surface area contributed by atoms with Crippen LogP contribution in [0.15, 0.2) is 109 Å². The first-order chi connectivity index (χ1) is 19.4. The van der Waals surface area contributed by atoms with Gasteiger partial charge in [0.1, 0.15) is 11.2 Å². The van der Waals surface area contributed by atoms with Gasteiger partial charge in [0, 0.05) is 34.8 Å². The standard InChI is InChI=1S/C33H29N3O4/c1-34-21-29(26-12-6-8-14-30(26)34)33(28(22-36(38)39)24-16-18-25(40-2)19-17-24)27-13-7-9-15-31(27)35(32(33)37)20-23-10-4-3-5-11-23/h3-19,21,28H,20,22H2,1-2H3/t28-,33-/m1/s1. The maximum Gasteiger partial charge on any atom is 0.243 e. The fourth-order valence-electron chi connectivity index (χ4n) is 6.32. The molecule has 1 aliphatic heterocycles. The van der Waals surface area contributed by atoms with Crippen LogP contribution in [0.25, 0.3) is 10.9 Å². The lowest BCUT2D eigenvalue weighted by Gasteiger charge is -2.35. The largest absolute Gasteiger partial charge is 0.497 e. The van der Waals surface area contributed by atoms with Crippen molar-refractivity contribution in [2.75, 3.05) is 18.6 Å². The van der Waals surface area contributed by atoms with Gasteiger partial charge in [-0.05, 0) is 46.5 Å². The van der Waals surface area contributed by atoms with Crippen molar-refractivity contribution < 1.29 is 14.5 Å². The number of anilines is 1. The van der Waals surface area contributed by atoms with Gasteiger partial charge in [0.05, 0.1) is 19.6 Å². The Bertz CT molecular complexity index is 1710. The molecule has 40 heavy (non-hydrogen) atoms. The highest BCUT2D eigenvalue weighted by molar-refractivity contribution is 6.13. The third-order valence-electron chi connectivity index (χ3n) is 8.08. The van der Waals surface area contributed by atoms with Crippen molar-refractivity contribution in [1.82, 2.24) is 4.57 Å². The van der Waals surface area contributed by atoms with Gasteiger partial charge in [-0.2, -0.15) is 0 Å². The fourth-order valence-corrected chi connectivity index (χ4v) is 6.32. The Labute approximate surface area is 232 Å². The number of ether oxygens (including phenoxy) is 1. The van der Waals surface area contributed by atoms with Gasteiger partial charge in [-0.1, -0.05) is 78.9 Å². The molecule has 0 aliphatic carbocycles. The molecule has 2 heterocycles. The summed E-state index contributed by atoms with van der Waals surface area (Å²) >= 11 is 0. The van der Waals surface area contributed by atoms with E-state index in [4.69, 9.17) is 4.74 Å². The Morgan fingerprint density at radius 3 is 2.27 bits per heavy atom. The second-order valence-electron chi connectivity index (χ2n) is 10.2. The number of aromatic nitrogens is 1. The van der Waals surface area contributed by atoms with E-state index in [2.05, 4.69) is 0 Å². The van der Waals surface area contributed by atoms with Crippen LogP contribution in [0, 0.1) is 10.1 Å². The molecule has 0 saturated carbocycles. The molecular weight excluding hydrogens is 502 g/mol. The van der Waals surface area contributed by atoms with E-state index in [1.165, 1.54) is 0 Å². The highest BCUT2D eigenvalue weighted by atomic mass is 16.6. The molecule has 0 fully saturated rings. The molecule has 7 heteroatoms. The summed E-state index contributed by atoms with van der Waals surface area (Å²) in [6.07, 6.45) is 1.97. The Morgan fingerprint density at radius 2 is 1.55 bits per heavy atom. The summed E-state index contributed by atoms with van der Waals surface area (Å²) in [5, 5.41) is 13.2. The van der Waals surface area contributed by atoms with Gasteiger partial charge in [-0.15, -0.1) is 0 Å². The molecule has 0 spiro atoms. The lowest BCUT2D eigenvalue weighted by molar-refractivity contribution is -0.484. The lowest BCUT2D eigenvalue weighted by Crippen LogP contribution is -2.47. The van der Waals surface area contributed by atoms with Gasteiger partial charge in [-0.25, -0.2) is 0 Å². The number of nitrogens with zero attached hydrogens (tertiary/aromatic N) is 3. The van der Waals surface area contributed by atoms with E-state index in [0.717, 1.165) is 33.3 Å². The SMILES string of the molecule is COc1ccc([C@@H](C[N+](=O)[O-])[C@]2(c3cn(C)c4ccccc34)C(=O)N(Cc3ccccc3)c3ccccc32)cc1. The summed E-state index contributed by atoms with van der Waals surface area (Å²) in [6.45, 7) is -0.0637. The van der Waals surface area contributed by atoms with Crippen LogP contribution < -0.4 is 9.64 Å². The van der Waals surface area contributed by atoms with Crippen LogP contribution in [0.2, 0.25) is 0 Å². The van der Waals surface area contributed by atoms with Gasteiger partial charge in [0.2, 0.25) is 12.5 Å². The molecule has 0 radical (unpaired) electrons. The lowest BCUT2D eigenvalue weighted by atomic mass is 9.64. The summed E-state index contributed by atoms with van der Waals surface area (Å²) in [4.78, 5) is 29.0. The second-order valence-corrected chi connectivity index (χ2v) is 10.2. The van der Waals surface area contributed by atoms with Gasteiger partial charge in [-0.3, -0.25) is 14.9 Å². The quantitative estimate of drug-likeness (QED) is 0.180. The molecule has 200 valence electrons. The topological polar surface area (TPSA) is 77.6 Å². The Morgan fingerprint density at radius 1 is 0.875 bits per heavy atom. The smallest absolute Gasteiger partial charge is 0.243 e. The highest BCUT2D eigenvalue weighted by Crippen LogP contribution is 2.56. The molecule has 2 atom stereocenters. The Kier molecular flexibility index (Phi) is 6.34. The van der Waals surface area contributed by atoms with Crippen molar-refractivity contribution in [3.63, 3.8) is 0 Å². The summed E-state index contributed by atoms with van der Waals surface area (Å²) < 4.78 is 7.37. The molecule has 0 unspecified atom stereocenters. The van der Waals surface area contributed by atoms with Crippen LogP contribution in [0.4, 0.5) is 5.69 Å². The average molecular weight is 532 g/mol. The van der Waals surface area contributed by atoms with Gasteiger partial charge in [0.15, 0.2) is 0 Å². The molecule has 1 aromatic heterocycles. The van der Waals surface area contributed by atoms with E-state index in [1.54, 1.807) is 24.1 Å². The summed E-state index contributed by atoms with van der Waals surface area (Å²) in [7, 11) is 3.53. The number of benzene rings is 4. The van der Waals surface area contributed by atoms with E-state index in [-0.39, 0.29) is 10.8 Å². The van der Waals surface area contributed by atoms with Crippen molar-refractivity contribution in [3.8, 4) is 5.75 Å². The summed E-state index contributed by atoms with van der Waals surface area (Å²) in [6, 6.07) is 32.8. The van der Waals surface area contributed by atoms with Gasteiger partial charge >= 0.3 is 0 Å². The van der Waals surface area contributed by atoms with Crippen LogP contribution in [0.5, 0.6) is 5.75 Å². The van der Waals surface area contributed by atoms with E-state index in [0.29, 0.717) is 17.9 Å². The zero-order valence-corrected chi connectivity index (χ0v) is 22.4. The normalized spacial score (nSPS) is 17.1. The number of rotatable bonds is 8. The number of amides is 1. The number of carbonyl (C=O) groups excluding carboxylic acids is 1. The van der Waals surface area contributed by atoms with E-state index in [9.17, 15) is 10.1 Å². The molecule has 5 aromatic rings. The number of aryl methyl sites for hydroxylation is 1. The summed E-state index contributed by atoms with van der Waals surface area (Å²) in [5.74, 6) is -0.308. The molecule has 6 rings (SSSR count). The van der Waals surface area contributed by atoms with Crippen molar-refractivity contribution in [2.45, 2.75) is 17.9 Å². The second kappa shape index (κ2) is 10.0. The molecule has 7 nitrogen and oxygen atoms in total. The molecule has 1 aliphatic rings. The van der Waals surface area contributed by atoms with E-state index < -0.39 is 17.9 Å². The highest BCUT2D eigenvalue weighted by Gasteiger charge is 2.59. The van der Waals surface area contributed by atoms with Gasteiger partial charge in [0.25, 0.3) is 0 Å². The van der Waals surface area contributed by atoms with E-state index >= 15 is 4.79 Å². The number of fused-ring (bicyclic) bond motifs is 2. The molecule has 4 aromatic carbocycles. The maximum absolute atomic E-state index is 15.1. The number of carbonyl (C=O) groups is 1. The first-order valence-electron chi connectivity index (χ1n) is 13.2. The van der Waals surface area contributed by atoms with Crippen molar-refractivity contribution in [2.24, 2.45) is 7.05 Å². The predicted molar refractivity (Wildman–Crippen MR) is 155 cm³/mol. The Balaban J connectivity index is 1.68. The minimum absolute atomic E-state index is 0.170. The van der Waals surface area contributed by atoms with Crippen LogP contribution in [-0.4, -0.2) is 29.1 Å². The molecule has 1 amide bonds. The first-order valence-corrected chi connectivity index (χ1v) is 13.2. The van der Waals surface area contributed by atoms with Crippen molar-refractivity contribution in [3.05, 3.63) is 142 Å². The minimum Gasteiger partial charge on any atom is -0.497 e. The molecule has 0 saturated heterocycles. The van der Waals surface area contributed by atoms with Crippen molar-refractivity contribution in [1.29, 1.82) is 0 Å². The maximum atomic E-state index is 15.1. The molecule has 0 N–H and O–H groups in total. The van der Waals surface area contributed by atoms with Gasteiger partial charge < -0.3 is 14.2 Å². The summed E-state index contributed by atoms with van der Waals surface area (Å²) in [5.41, 5.74) is 3.61. The zero-order chi connectivity index (χ0) is 27.9. The van der Waals surface area contributed by atoms with Crippen LogP contribution >= 0.6 is 0 Å². The van der Waals surface area contributed by atoms with Crippen molar-refractivity contribution >= 4 is 22.5 Å². The van der Waals surface area contributed by atoms with Crippen LogP contribution in [0.1, 0.15) is 28.2 Å². The van der Waals surface area contributed by atoms with Crippen LogP contribution in [0.3, 0.4) is 0 Å². The molecular formula is C33H29N3O4. The number of methoxy groups -OCH3 is 1. The third kappa shape index (κ3) is 3.93. The first kappa shape index (κ1) is 25.4. The van der Waals surface area contributed by atoms with E-state index in [1.807, 2.05) is 109 Å². The third-order valence-corrected chi connectivity index (χ3v) is 8.08. The number of hydrogen-bond acceptors (Lipinski definition) is 4. The van der Waals surface area contributed by atoms with Crippen LogP contribution in [-0.2, 0) is 23.8 Å². The predicted octanol–water partition coefficient (Wildman–Crippen LogP) is 6.08. The number of hydrogen-bond donors (Lipinski definition) is 0. The number of nitro groups is 1. The minimum atomic E-state index is -1.34. The fraction of sp³-hybridized carbons (Fsp3) is 0.182.